The Bertz CT molecular complexity index is 606. The number of nitrogens with zero attached hydrogens (tertiary/aromatic N) is 1. The molecule has 0 saturated carbocycles. The van der Waals surface area contributed by atoms with Gasteiger partial charge in [-0.15, -0.1) is 0 Å². The van der Waals surface area contributed by atoms with Crippen molar-refractivity contribution < 1.29 is 4.79 Å². The van der Waals surface area contributed by atoms with Crippen LogP contribution in [0.2, 0.25) is 5.02 Å². The molecule has 1 aliphatic heterocycles. The van der Waals surface area contributed by atoms with Crippen LogP contribution < -0.4 is 4.90 Å². The Labute approximate surface area is 117 Å². The Morgan fingerprint density at radius 3 is 2.63 bits per heavy atom. The molecule has 1 aliphatic rings. The fourth-order valence-corrected chi connectivity index (χ4v) is 2.60. The average Bonchev–Trinajstić information content (AvgIpc) is 2.83. The largest absolute Gasteiger partial charge is 0.363 e. The average molecular weight is 272 g/mol. The highest BCUT2D eigenvalue weighted by atomic mass is 35.5. The fourth-order valence-electron chi connectivity index (χ4n) is 2.47. The first-order valence-electron chi connectivity index (χ1n) is 6.35. The number of halogens is 1. The van der Waals surface area contributed by atoms with Crippen LogP contribution in [0.5, 0.6) is 0 Å². The van der Waals surface area contributed by atoms with Crippen LogP contribution in [-0.4, -0.2) is 18.9 Å². The van der Waals surface area contributed by atoms with E-state index in [2.05, 4.69) is 17.0 Å². The number of fused-ring (bicyclic) bond motifs is 1. The van der Waals surface area contributed by atoms with E-state index in [1.54, 1.807) is 24.3 Å². The zero-order valence-electron chi connectivity index (χ0n) is 10.5. The maximum atomic E-state index is 12.2. The van der Waals surface area contributed by atoms with Crippen LogP contribution >= 0.6 is 11.6 Å². The SMILES string of the molecule is O=C(CN1CCc2ccccc21)c1ccc(Cl)cc1. The molecule has 96 valence electrons. The first kappa shape index (κ1) is 12.2. The molecule has 0 spiro atoms. The van der Waals surface area contributed by atoms with Gasteiger partial charge < -0.3 is 4.90 Å². The molecule has 0 aliphatic carbocycles. The van der Waals surface area contributed by atoms with E-state index in [1.807, 2.05) is 12.1 Å². The molecule has 0 N–H and O–H groups in total. The van der Waals surface area contributed by atoms with Crippen molar-refractivity contribution in [3.8, 4) is 0 Å². The number of para-hydroxylation sites is 1. The van der Waals surface area contributed by atoms with E-state index < -0.39 is 0 Å². The molecule has 0 atom stereocenters. The Kier molecular flexibility index (Phi) is 3.26. The number of Topliss-reactive ketones (excluding diaryl/α,β-unsaturated/α-hetero) is 1. The summed E-state index contributed by atoms with van der Waals surface area (Å²) in [6, 6.07) is 15.4. The summed E-state index contributed by atoms with van der Waals surface area (Å²) in [5.74, 6) is 0.133. The van der Waals surface area contributed by atoms with Gasteiger partial charge in [0.05, 0.1) is 6.54 Å². The predicted octanol–water partition coefficient (Wildman–Crippen LogP) is 3.59. The summed E-state index contributed by atoms with van der Waals surface area (Å²) in [7, 11) is 0. The van der Waals surface area contributed by atoms with E-state index >= 15 is 0 Å². The van der Waals surface area contributed by atoms with Crippen molar-refractivity contribution in [2.45, 2.75) is 6.42 Å². The molecule has 0 amide bonds. The van der Waals surface area contributed by atoms with Gasteiger partial charge in [-0.1, -0.05) is 29.8 Å². The molecule has 0 fully saturated rings. The minimum absolute atomic E-state index is 0.133. The van der Waals surface area contributed by atoms with E-state index in [4.69, 9.17) is 11.6 Å². The Hall–Kier alpha value is -1.80. The van der Waals surface area contributed by atoms with Crippen LogP contribution in [-0.2, 0) is 6.42 Å². The van der Waals surface area contributed by atoms with Gasteiger partial charge in [0.1, 0.15) is 0 Å². The van der Waals surface area contributed by atoms with E-state index in [0.717, 1.165) is 13.0 Å². The lowest BCUT2D eigenvalue weighted by Crippen LogP contribution is -2.27. The first-order chi connectivity index (χ1) is 9.24. The molecule has 0 aromatic heterocycles. The van der Waals surface area contributed by atoms with E-state index in [9.17, 15) is 4.79 Å². The third-order valence-electron chi connectivity index (χ3n) is 3.48. The lowest BCUT2D eigenvalue weighted by atomic mass is 10.1. The lowest BCUT2D eigenvalue weighted by molar-refractivity contribution is 0.0999. The maximum absolute atomic E-state index is 12.2. The molecular weight excluding hydrogens is 258 g/mol. The van der Waals surface area contributed by atoms with E-state index in [0.29, 0.717) is 17.1 Å². The van der Waals surface area contributed by atoms with Crippen LogP contribution in [0.1, 0.15) is 15.9 Å². The van der Waals surface area contributed by atoms with Gasteiger partial charge in [0.25, 0.3) is 0 Å². The number of carbonyl (C=O) groups is 1. The fraction of sp³-hybridized carbons (Fsp3) is 0.188. The molecule has 0 saturated heterocycles. The quantitative estimate of drug-likeness (QED) is 0.795. The van der Waals surface area contributed by atoms with Crippen molar-refractivity contribution in [1.29, 1.82) is 0 Å². The predicted molar refractivity (Wildman–Crippen MR) is 78.1 cm³/mol. The van der Waals surface area contributed by atoms with Gasteiger partial charge in [-0.05, 0) is 42.3 Å². The second-order valence-electron chi connectivity index (χ2n) is 4.73. The lowest BCUT2D eigenvalue weighted by Gasteiger charge is -2.18. The minimum atomic E-state index is 0.133. The van der Waals surface area contributed by atoms with Gasteiger partial charge in [-0.25, -0.2) is 0 Å². The molecule has 1 heterocycles. The molecule has 3 heteroatoms. The summed E-state index contributed by atoms with van der Waals surface area (Å²) in [6.45, 7) is 1.34. The molecule has 2 nitrogen and oxygen atoms in total. The summed E-state index contributed by atoms with van der Waals surface area (Å²) in [6.07, 6.45) is 1.02. The number of ketones is 1. The molecule has 2 aromatic rings. The standard InChI is InChI=1S/C16H14ClNO/c17-14-7-5-13(6-8-14)16(19)11-18-10-9-12-3-1-2-4-15(12)18/h1-8H,9-11H2. The van der Waals surface area contributed by atoms with Crippen molar-refractivity contribution in [2.75, 3.05) is 18.0 Å². The highest BCUT2D eigenvalue weighted by Crippen LogP contribution is 2.27. The van der Waals surface area contributed by atoms with Gasteiger partial charge in [0.2, 0.25) is 0 Å². The van der Waals surface area contributed by atoms with Gasteiger partial charge in [-0.2, -0.15) is 0 Å². The minimum Gasteiger partial charge on any atom is -0.363 e. The number of anilines is 1. The Morgan fingerprint density at radius 1 is 1.11 bits per heavy atom. The van der Waals surface area contributed by atoms with Crippen molar-refractivity contribution in [2.24, 2.45) is 0 Å². The second kappa shape index (κ2) is 5.06. The molecule has 0 bridgehead atoms. The van der Waals surface area contributed by atoms with Crippen molar-refractivity contribution in [3.05, 3.63) is 64.7 Å². The highest BCUT2D eigenvalue weighted by Gasteiger charge is 2.20. The van der Waals surface area contributed by atoms with E-state index in [1.165, 1.54) is 11.3 Å². The third kappa shape index (κ3) is 2.49. The Balaban J connectivity index is 1.76. The van der Waals surface area contributed by atoms with Gasteiger partial charge >= 0.3 is 0 Å². The number of hydrogen-bond donors (Lipinski definition) is 0. The molecule has 0 radical (unpaired) electrons. The third-order valence-corrected chi connectivity index (χ3v) is 3.74. The summed E-state index contributed by atoms with van der Waals surface area (Å²) in [4.78, 5) is 14.4. The van der Waals surface area contributed by atoms with Crippen LogP contribution in [0.4, 0.5) is 5.69 Å². The van der Waals surface area contributed by atoms with E-state index in [-0.39, 0.29) is 5.78 Å². The summed E-state index contributed by atoms with van der Waals surface area (Å²) in [5, 5.41) is 0.656. The number of hydrogen-bond acceptors (Lipinski definition) is 2. The van der Waals surface area contributed by atoms with Crippen molar-refractivity contribution in [3.63, 3.8) is 0 Å². The zero-order chi connectivity index (χ0) is 13.2. The number of benzene rings is 2. The van der Waals surface area contributed by atoms with Crippen molar-refractivity contribution in [1.82, 2.24) is 0 Å². The van der Waals surface area contributed by atoms with Crippen LogP contribution in [0.25, 0.3) is 0 Å². The van der Waals surface area contributed by atoms with Crippen molar-refractivity contribution >= 4 is 23.1 Å². The summed E-state index contributed by atoms with van der Waals surface area (Å²) in [5.41, 5.74) is 3.23. The molecule has 2 aromatic carbocycles. The molecule has 0 unspecified atom stereocenters. The van der Waals surface area contributed by atoms with Gasteiger partial charge in [-0.3, -0.25) is 4.79 Å². The van der Waals surface area contributed by atoms with Crippen LogP contribution in [0, 0.1) is 0 Å². The second-order valence-corrected chi connectivity index (χ2v) is 5.17. The smallest absolute Gasteiger partial charge is 0.182 e. The van der Waals surface area contributed by atoms with Gasteiger partial charge in [0, 0.05) is 22.8 Å². The van der Waals surface area contributed by atoms with Gasteiger partial charge in [0.15, 0.2) is 5.78 Å². The topological polar surface area (TPSA) is 20.3 Å². The summed E-state index contributed by atoms with van der Waals surface area (Å²) < 4.78 is 0. The zero-order valence-corrected chi connectivity index (χ0v) is 11.2. The first-order valence-corrected chi connectivity index (χ1v) is 6.73. The van der Waals surface area contributed by atoms with Crippen LogP contribution in [0.3, 0.4) is 0 Å². The van der Waals surface area contributed by atoms with Crippen LogP contribution in [0.15, 0.2) is 48.5 Å². The number of carbonyl (C=O) groups excluding carboxylic acids is 1. The Morgan fingerprint density at radius 2 is 1.84 bits per heavy atom. The number of rotatable bonds is 3. The summed E-state index contributed by atoms with van der Waals surface area (Å²) >= 11 is 5.83. The molecule has 19 heavy (non-hydrogen) atoms. The monoisotopic (exact) mass is 271 g/mol. The maximum Gasteiger partial charge on any atom is 0.182 e. The molecular formula is C16H14ClNO. The molecule has 3 rings (SSSR count). The normalized spacial score (nSPS) is 13.4. The highest BCUT2D eigenvalue weighted by molar-refractivity contribution is 6.30.